The zero-order valence-electron chi connectivity index (χ0n) is 10.5. The standard InChI is InChI=1S/C13H25NO2/c1-13(2,14)11(9-12(15)16)8-10-6-4-3-5-7-10/h10-11H,3-9,14H2,1-2H3,(H,15,16). The lowest BCUT2D eigenvalue weighted by molar-refractivity contribution is -0.138. The van der Waals surface area contributed by atoms with Crippen molar-refractivity contribution in [1.29, 1.82) is 0 Å². The molecule has 3 heteroatoms. The molecule has 1 saturated carbocycles. The molecule has 94 valence electrons. The number of aliphatic carboxylic acids is 1. The number of hydrogen-bond donors (Lipinski definition) is 2. The normalized spacial score (nSPS) is 20.7. The summed E-state index contributed by atoms with van der Waals surface area (Å²) in [6.07, 6.45) is 7.64. The van der Waals surface area contributed by atoms with Gasteiger partial charge in [0, 0.05) is 12.0 Å². The number of carboxylic acids is 1. The minimum atomic E-state index is -0.723. The highest BCUT2D eigenvalue weighted by molar-refractivity contribution is 5.67. The third kappa shape index (κ3) is 4.52. The quantitative estimate of drug-likeness (QED) is 0.759. The van der Waals surface area contributed by atoms with Crippen LogP contribution in [0.25, 0.3) is 0 Å². The summed E-state index contributed by atoms with van der Waals surface area (Å²) in [5.74, 6) is 0.0772. The Morgan fingerprint density at radius 2 is 1.94 bits per heavy atom. The van der Waals surface area contributed by atoms with Crippen molar-refractivity contribution >= 4 is 5.97 Å². The molecule has 0 amide bonds. The highest BCUT2D eigenvalue weighted by Gasteiger charge is 2.30. The van der Waals surface area contributed by atoms with Crippen LogP contribution < -0.4 is 5.73 Å². The Morgan fingerprint density at radius 1 is 1.38 bits per heavy atom. The van der Waals surface area contributed by atoms with Crippen molar-refractivity contribution in [3.05, 3.63) is 0 Å². The summed E-state index contributed by atoms with van der Waals surface area (Å²) < 4.78 is 0. The zero-order valence-corrected chi connectivity index (χ0v) is 10.5. The SMILES string of the molecule is CC(C)(N)C(CC(=O)O)CC1CCCCC1. The largest absolute Gasteiger partial charge is 0.481 e. The van der Waals surface area contributed by atoms with Gasteiger partial charge in [-0.15, -0.1) is 0 Å². The molecule has 1 aliphatic carbocycles. The summed E-state index contributed by atoms with van der Waals surface area (Å²) in [7, 11) is 0. The predicted molar refractivity (Wildman–Crippen MR) is 65.2 cm³/mol. The van der Waals surface area contributed by atoms with Crippen LogP contribution in [0.1, 0.15) is 58.8 Å². The van der Waals surface area contributed by atoms with Crippen molar-refractivity contribution in [2.24, 2.45) is 17.6 Å². The third-order valence-corrected chi connectivity index (χ3v) is 3.82. The Morgan fingerprint density at radius 3 is 2.38 bits per heavy atom. The topological polar surface area (TPSA) is 63.3 Å². The van der Waals surface area contributed by atoms with E-state index in [0.29, 0.717) is 5.92 Å². The molecule has 1 rings (SSSR count). The van der Waals surface area contributed by atoms with Crippen LogP contribution in [0.15, 0.2) is 0 Å². The van der Waals surface area contributed by atoms with Crippen LogP contribution >= 0.6 is 0 Å². The van der Waals surface area contributed by atoms with Gasteiger partial charge >= 0.3 is 5.97 Å². The van der Waals surface area contributed by atoms with E-state index in [9.17, 15) is 4.79 Å². The minimum absolute atomic E-state index is 0.105. The van der Waals surface area contributed by atoms with Gasteiger partial charge in [-0.2, -0.15) is 0 Å². The summed E-state index contributed by atoms with van der Waals surface area (Å²) in [6.45, 7) is 3.90. The monoisotopic (exact) mass is 227 g/mol. The Balaban J connectivity index is 2.51. The minimum Gasteiger partial charge on any atom is -0.481 e. The lowest BCUT2D eigenvalue weighted by Crippen LogP contribution is -2.43. The molecule has 16 heavy (non-hydrogen) atoms. The molecule has 0 saturated heterocycles. The van der Waals surface area contributed by atoms with E-state index in [1.54, 1.807) is 0 Å². The summed E-state index contributed by atoms with van der Waals surface area (Å²) >= 11 is 0. The van der Waals surface area contributed by atoms with E-state index in [1.165, 1.54) is 32.1 Å². The van der Waals surface area contributed by atoms with E-state index in [2.05, 4.69) is 0 Å². The summed E-state index contributed by atoms with van der Waals surface area (Å²) in [5.41, 5.74) is 5.70. The fourth-order valence-electron chi connectivity index (χ4n) is 2.69. The van der Waals surface area contributed by atoms with Crippen molar-refractivity contribution < 1.29 is 9.90 Å². The first-order chi connectivity index (χ1) is 7.39. The van der Waals surface area contributed by atoms with Gasteiger partial charge in [-0.25, -0.2) is 0 Å². The maximum absolute atomic E-state index is 10.8. The Kier molecular flexibility index (Phi) is 4.78. The van der Waals surface area contributed by atoms with Gasteiger partial charge in [-0.3, -0.25) is 4.79 Å². The van der Waals surface area contributed by atoms with Crippen LogP contribution in [0, 0.1) is 11.8 Å². The number of rotatable bonds is 5. The molecule has 0 aromatic heterocycles. The number of hydrogen-bond acceptors (Lipinski definition) is 2. The molecule has 0 radical (unpaired) electrons. The van der Waals surface area contributed by atoms with Gasteiger partial charge in [-0.1, -0.05) is 32.1 Å². The fraction of sp³-hybridized carbons (Fsp3) is 0.923. The molecule has 0 aromatic carbocycles. The highest BCUT2D eigenvalue weighted by Crippen LogP contribution is 2.33. The van der Waals surface area contributed by atoms with E-state index in [4.69, 9.17) is 10.8 Å². The molecule has 3 nitrogen and oxygen atoms in total. The van der Waals surface area contributed by atoms with Gasteiger partial charge in [0.1, 0.15) is 0 Å². The first kappa shape index (κ1) is 13.5. The molecule has 0 bridgehead atoms. The molecule has 0 aliphatic heterocycles. The zero-order chi connectivity index (χ0) is 12.2. The summed E-state index contributed by atoms with van der Waals surface area (Å²) in [4.78, 5) is 10.8. The molecule has 0 heterocycles. The molecule has 1 fully saturated rings. The second kappa shape index (κ2) is 5.67. The van der Waals surface area contributed by atoms with E-state index in [1.807, 2.05) is 13.8 Å². The Bertz CT molecular complexity index is 227. The van der Waals surface area contributed by atoms with Crippen LogP contribution in [0.2, 0.25) is 0 Å². The van der Waals surface area contributed by atoms with Crippen molar-refractivity contribution in [3.63, 3.8) is 0 Å². The molecular formula is C13H25NO2. The number of carboxylic acid groups (broad SMARTS) is 1. The average molecular weight is 227 g/mol. The van der Waals surface area contributed by atoms with Gasteiger partial charge in [-0.05, 0) is 32.1 Å². The van der Waals surface area contributed by atoms with Crippen LogP contribution in [0.4, 0.5) is 0 Å². The lowest BCUT2D eigenvalue weighted by Gasteiger charge is -2.33. The van der Waals surface area contributed by atoms with Gasteiger partial charge in [0.2, 0.25) is 0 Å². The highest BCUT2D eigenvalue weighted by atomic mass is 16.4. The van der Waals surface area contributed by atoms with Gasteiger partial charge in [0.05, 0.1) is 0 Å². The van der Waals surface area contributed by atoms with Gasteiger partial charge < -0.3 is 10.8 Å². The second-order valence-corrected chi connectivity index (χ2v) is 5.86. The fourth-order valence-corrected chi connectivity index (χ4v) is 2.69. The number of carbonyl (C=O) groups is 1. The Labute approximate surface area is 98.4 Å². The molecule has 1 aliphatic rings. The third-order valence-electron chi connectivity index (χ3n) is 3.82. The number of nitrogens with two attached hydrogens (primary N) is 1. The van der Waals surface area contributed by atoms with Crippen LogP contribution in [-0.2, 0) is 4.79 Å². The molecular weight excluding hydrogens is 202 g/mol. The predicted octanol–water partition coefficient (Wildman–Crippen LogP) is 2.79. The first-order valence-corrected chi connectivity index (χ1v) is 6.40. The molecule has 0 spiro atoms. The maximum Gasteiger partial charge on any atom is 0.303 e. The molecule has 0 aromatic rings. The Hall–Kier alpha value is -0.570. The second-order valence-electron chi connectivity index (χ2n) is 5.86. The van der Waals surface area contributed by atoms with Crippen molar-refractivity contribution in [2.45, 2.75) is 64.3 Å². The van der Waals surface area contributed by atoms with Gasteiger partial charge in [0.15, 0.2) is 0 Å². The summed E-state index contributed by atoms with van der Waals surface area (Å²) in [5, 5.41) is 8.92. The molecule has 3 N–H and O–H groups in total. The summed E-state index contributed by atoms with van der Waals surface area (Å²) in [6, 6.07) is 0. The van der Waals surface area contributed by atoms with Crippen molar-refractivity contribution in [2.75, 3.05) is 0 Å². The smallest absolute Gasteiger partial charge is 0.303 e. The van der Waals surface area contributed by atoms with E-state index < -0.39 is 5.97 Å². The van der Waals surface area contributed by atoms with Crippen molar-refractivity contribution in [3.8, 4) is 0 Å². The van der Waals surface area contributed by atoms with E-state index in [-0.39, 0.29) is 17.9 Å². The van der Waals surface area contributed by atoms with Crippen LogP contribution in [-0.4, -0.2) is 16.6 Å². The molecule has 1 unspecified atom stereocenters. The molecule has 1 atom stereocenters. The van der Waals surface area contributed by atoms with Crippen LogP contribution in [0.5, 0.6) is 0 Å². The first-order valence-electron chi connectivity index (χ1n) is 6.40. The lowest BCUT2D eigenvalue weighted by atomic mass is 9.75. The average Bonchev–Trinajstić information content (AvgIpc) is 2.16. The van der Waals surface area contributed by atoms with Crippen LogP contribution in [0.3, 0.4) is 0 Å². The van der Waals surface area contributed by atoms with Gasteiger partial charge in [0.25, 0.3) is 0 Å². The van der Waals surface area contributed by atoms with E-state index >= 15 is 0 Å². The van der Waals surface area contributed by atoms with E-state index in [0.717, 1.165) is 6.42 Å². The van der Waals surface area contributed by atoms with Crippen molar-refractivity contribution in [1.82, 2.24) is 0 Å². The maximum atomic E-state index is 10.8.